The second kappa shape index (κ2) is 9.86. The molecule has 2 aliphatic rings. The molecule has 160 valence electrons. The van der Waals surface area contributed by atoms with Crippen molar-refractivity contribution in [1.82, 2.24) is 10.2 Å². The van der Waals surface area contributed by atoms with E-state index in [2.05, 4.69) is 34.5 Å². The average molecular weight is 427 g/mol. The first kappa shape index (κ1) is 21.2. The van der Waals surface area contributed by atoms with Gasteiger partial charge in [0.05, 0.1) is 10.5 Å². The van der Waals surface area contributed by atoms with E-state index in [1.807, 2.05) is 36.4 Å². The highest BCUT2D eigenvalue weighted by atomic mass is 32.2. The number of nitrogens with one attached hydrogen (secondary N) is 1. The predicted octanol–water partition coefficient (Wildman–Crippen LogP) is 2.83. The Morgan fingerprint density at radius 1 is 0.967 bits per heavy atom. The van der Waals surface area contributed by atoms with Crippen molar-refractivity contribution < 1.29 is 14.1 Å². The molecule has 0 radical (unpaired) electrons. The Balaban J connectivity index is 1.51. The molecule has 2 heterocycles. The summed E-state index contributed by atoms with van der Waals surface area (Å²) in [4.78, 5) is 13.2. The summed E-state index contributed by atoms with van der Waals surface area (Å²) < 4.78 is 13.7. The van der Waals surface area contributed by atoms with Crippen molar-refractivity contribution in [3.05, 3.63) is 71.8 Å². The highest BCUT2D eigenvalue weighted by Gasteiger charge is 2.53. The van der Waals surface area contributed by atoms with Gasteiger partial charge < -0.3 is 5.11 Å². The number of benzene rings is 2. The van der Waals surface area contributed by atoms with E-state index >= 15 is 0 Å². The first-order chi connectivity index (χ1) is 14.6. The first-order valence-electron chi connectivity index (χ1n) is 10.8. The van der Waals surface area contributed by atoms with E-state index < -0.39 is 16.8 Å². The normalized spacial score (nSPS) is 28.5. The highest BCUT2D eigenvalue weighted by molar-refractivity contribution is 7.86. The first-order valence-corrected chi connectivity index (χ1v) is 12.1. The number of fused-ring (bicyclic) bond motifs is 1. The van der Waals surface area contributed by atoms with Crippen LogP contribution in [0.4, 0.5) is 0 Å². The zero-order valence-corrected chi connectivity index (χ0v) is 18.0. The molecule has 2 aromatic carbocycles. The summed E-state index contributed by atoms with van der Waals surface area (Å²) in [7, 11) is -0.942. The largest absolute Gasteiger partial charge is 0.481 e. The zero-order valence-electron chi connectivity index (χ0n) is 17.2. The van der Waals surface area contributed by atoms with Gasteiger partial charge in [-0.1, -0.05) is 60.7 Å². The van der Waals surface area contributed by atoms with Crippen LogP contribution < -0.4 is 5.32 Å². The average Bonchev–Trinajstić information content (AvgIpc) is 3.27. The molecule has 2 fully saturated rings. The van der Waals surface area contributed by atoms with Gasteiger partial charge in [0.1, 0.15) is 0 Å². The fourth-order valence-electron chi connectivity index (χ4n) is 4.92. The van der Waals surface area contributed by atoms with Crippen molar-refractivity contribution in [1.29, 1.82) is 0 Å². The topological polar surface area (TPSA) is 69.6 Å². The molecule has 0 saturated carbocycles. The molecule has 0 amide bonds. The van der Waals surface area contributed by atoms with Crippen LogP contribution in [0.3, 0.4) is 0 Å². The molecule has 2 saturated heterocycles. The monoisotopic (exact) mass is 426 g/mol. The fourth-order valence-corrected chi connectivity index (χ4v) is 7.25. The Morgan fingerprint density at radius 3 is 2.17 bits per heavy atom. The number of carbonyl (C=O) groups is 1. The number of aliphatic carboxylic acids is 1. The second-order valence-corrected chi connectivity index (χ2v) is 10.2. The number of rotatable bonds is 9. The van der Waals surface area contributed by atoms with Gasteiger partial charge >= 0.3 is 5.97 Å². The smallest absolute Gasteiger partial charge is 0.303 e. The SMILES string of the molecule is O=C(O)CCCCN1CNC2C1C(Cc1ccccc1)S(=O)C2Cc1ccccc1. The van der Waals surface area contributed by atoms with Crippen LogP contribution in [0, 0.1) is 0 Å². The molecule has 0 aromatic heterocycles. The zero-order chi connectivity index (χ0) is 20.9. The molecule has 5 unspecified atom stereocenters. The molecule has 5 atom stereocenters. The van der Waals surface area contributed by atoms with Crippen LogP contribution in [0.15, 0.2) is 60.7 Å². The molecule has 2 N–H and O–H groups in total. The summed E-state index contributed by atoms with van der Waals surface area (Å²) >= 11 is 0. The minimum atomic E-state index is -0.942. The van der Waals surface area contributed by atoms with Gasteiger partial charge in [-0.25, -0.2) is 0 Å². The Bertz CT molecular complexity index is 861. The van der Waals surface area contributed by atoms with Gasteiger partial charge in [0, 0.05) is 36.0 Å². The fraction of sp³-hybridized carbons (Fsp3) is 0.458. The van der Waals surface area contributed by atoms with Crippen LogP contribution in [-0.2, 0) is 28.4 Å². The van der Waals surface area contributed by atoms with Gasteiger partial charge in [-0.15, -0.1) is 0 Å². The second-order valence-electron chi connectivity index (χ2n) is 8.33. The van der Waals surface area contributed by atoms with E-state index in [1.54, 1.807) is 0 Å². The Labute approximate surface area is 180 Å². The van der Waals surface area contributed by atoms with E-state index in [-0.39, 0.29) is 29.0 Å². The summed E-state index contributed by atoms with van der Waals surface area (Å²) in [6.07, 6.45) is 3.38. The maximum absolute atomic E-state index is 13.7. The van der Waals surface area contributed by atoms with Crippen LogP contribution >= 0.6 is 0 Å². The maximum atomic E-state index is 13.7. The summed E-state index contributed by atoms with van der Waals surface area (Å²) in [5.41, 5.74) is 2.46. The summed E-state index contributed by atoms with van der Waals surface area (Å²) in [5.74, 6) is -0.737. The minimum Gasteiger partial charge on any atom is -0.481 e. The van der Waals surface area contributed by atoms with E-state index in [0.29, 0.717) is 6.42 Å². The molecule has 4 rings (SSSR count). The van der Waals surface area contributed by atoms with Crippen LogP contribution in [0.2, 0.25) is 0 Å². The third-order valence-electron chi connectivity index (χ3n) is 6.34. The third kappa shape index (κ3) is 4.82. The molecule has 0 aliphatic carbocycles. The molecular weight excluding hydrogens is 396 g/mol. The van der Waals surface area contributed by atoms with Gasteiger partial charge in [-0.05, 0) is 43.4 Å². The van der Waals surface area contributed by atoms with E-state index in [4.69, 9.17) is 5.11 Å². The third-order valence-corrected chi connectivity index (χ3v) is 8.44. The molecule has 0 spiro atoms. The van der Waals surface area contributed by atoms with E-state index in [1.165, 1.54) is 11.1 Å². The van der Waals surface area contributed by atoms with Crippen LogP contribution in [0.25, 0.3) is 0 Å². The lowest BCUT2D eigenvalue weighted by Crippen LogP contribution is -2.43. The number of unbranched alkanes of at least 4 members (excludes halogenated alkanes) is 1. The number of carboxylic acids is 1. The number of nitrogens with zero attached hydrogens (tertiary/aromatic N) is 1. The van der Waals surface area contributed by atoms with Crippen molar-refractivity contribution in [3.63, 3.8) is 0 Å². The Kier molecular flexibility index (Phi) is 6.97. The van der Waals surface area contributed by atoms with Crippen molar-refractivity contribution in [2.24, 2.45) is 0 Å². The van der Waals surface area contributed by atoms with E-state index in [0.717, 1.165) is 32.5 Å². The quantitative estimate of drug-likeness (QED) is 0.604. The minimum absolute atomic E-state index is 0.0839. The van der Waals surface area contributed by atoms with Crippen LogP contribution in [0.1, 0.15) is 30.4 Å². The molecule has 0 bridgehead atoms. The van der Waals surface area contributed by atoms with Crippen LogP contribution in [0.5, 0.6) is 0 Å². The maximum Gasteiger partial charge on any atom is 0.303 e. The summed E-state index contributed by atoms with van der Waals surface area (Å²) in [6, 6.07) is 21.1. The standard InChI is InChI=1S/C24H30N2O3S/c27-22(28)13-7-8-14-26-17-25-23-20(15-18-9-3-1-4-10-18)30(29)21(24(23)26)16-19-11-5-2-6-12-19/h1-6,9-12,20-21,23-25H,7-8,13-17H2,(H,27,28). The van der Waals surface area contributed by atoms with Gasteiger partial charge in [0.15, 0.2) is 0 Å². The Hall–Kier alpha value is -2.02. The lowest BCUT2D eigenvalue weighted by atomic mass is 9.95. The number of carboxylic acid groups (broad SMARTS) is 1. The van der Waals surface area contributed by atoms with Crippen LogP contribution in [-0.4, -0.2) is 56.0 Å². The van der Waals surface area contributed by atoms with Crippen molar-refractivity contribution in [3.8, 4) is 0 Å². The molecule has 2 aliphatic heterocycles. The van der Waals surface area contributed by atoms with E-state index in [9.17, 15) is 9.00 Å². The lowest BCUT2D eigenvalue weighted by Gasteiger charge is -2.27. The lowest BCUT2D eigenvalue weighted by molar-refractivity contribution is -0.137. The van der Waals surface area contributed by atoms with Gasteiger partial charge in [0.25, 0.3) is 0 Å². The van der Waals surface area contributed by atoms with Gasteiger partial charge in [-0.2, -0.15) is 0 Å². The van der Waals surface area contributed by atoms with Crippen molar-refractivity contribution in [2.45, 2.75) is 54.7 Å². The molecule has 30 heavy (non-hydrogen) atoms. The number of hydrogen-bond donors (Lipinski definition) is 2. The van der Waals surface area contributed by atoms with Crippen molar-refractivity contribution >= 4 is 16.8 Å². The predicted molar refractivity (Wildman–Crippen MR) is 120 cm³/mol. The highest BCUT2D eigenvalue weighted by Crippen LogP contribution is 2.36. The summed E-state index contributed by atoms with van der Waals surface area (Å²) in [5, 5.41) is 12.7. The number of hydrogen-bond acceptors (Lipinski definition) is 4. The van der Waals surface area contributed by atoms with Crippen molar-refractivity contribution in [2.75, 3.05) is 13.2 Å². The molecular formula is C24H30N2O3S. The summed E-state index contributed by atoms with van der Waals surface area (Å²) in [6.45, 7) is 1.64. The van der Waals surface area contributed by atoms with Gasteiger partial charge in [-0.3, -0.25) is 19.2 Å². The molecule has 5 nitrogen and oxygen atoms in total. The Morgan fingerprint density at radius 2 is 1.57 bits per heavy atom. The molecule has 2 aromatic rings. The van der Waals surface area contributed by atoms with Gasteiger partial charge in [0.2, 0.25) is 0 Å². The molecule has 6 heteroatoms.